The summed E-state index contributed by atoms with van der Waals surface area (Å²) in [5.41, 5.74) is 0.788. The van der Waals surface area contributed by atoms with Crippen molar-refractivity contribution in [1.82, 2.24) is 25.2 Å². The molecule has 8 heteroatoms. The Hall–Kier alpha value is -3.29. The Morgan fingerprint density at radius 2 is 2.00 bits per heavy atom. The molecule has 0 fully saturated rings. The van der Waals surface area contributed by atoms with E-state index >= 15 is 0 Å². The fraction of sp³-hybridized carbons (Fsp3) is 0.188. The number of carbonyl (C=O) groups excluding carboxylic acids is 1. The van der Waals surface area contributed by atoms with Gasteiger partial charge in [-0.25, -0.2) is 4.68 Å². The largest absolute Gasteiger partial charge is 0.342 e. The lowest BCUT2D eigenvalue weighted by Gasteiger charge is -2.07. The van der Waals surface area contributed by atoms with Crippen LogP contribution < -0.4 is 10.9 Å². The number of hydrogen-bond acceptors (Lipinski definition) is 6. The number of rotatable bonds is 5. The lowest BCUT2D eigenvalue weighted by molar-refractivity contribution is 0.0938. The highest BCUT2D eigenvalue weighted by Gasteiger charge is 2.11. The number of amides is 1. The van der Waals surface area contributed by atoms with Crippen LogP contribution in [0.5, 0.6) is 0 Å². The molecule has 0 unspecified atom stereocenters. The maximum Gasteiger partial charge on any atom is 0.272 e. The monoisotopic (exact) mass is 325 g/mol. The molecule has 1 N–H and O–H groups in total. The summed E-state index contributed by atoms with van der Waals surface area (Å²) in [7, 11) is 0. The Labute approximate surface area is 137 Å². The second-order valence-corrected chi connectivity index (χ2v) is 5.12. The van der Waals surface area contributed by atoms with E-state index in [1.807, 2.05) is 30.3 Å². The topological polar surface area (TPSA) is 103 Å². The van der Waals surface area contributed by atoms with Gasteiger partial charge in [0.1, 0.15) is 5.69 Å². The molecule has 3 rings (SSSR count). The van der Waals surface area contributed by atoms with Crippen LogP contribution in [0, 0.1) is 6.92 Å². The Morgan fingerprint density at radius 3 is 2.71 bits per heavy atom. The third-order valence-electron chi connectivity index (χ3n) is 3.24. The zero-order chi connectivity index (χ0) is 16.9. The van der Waals surface area contributed by atoms with Gasteiger partial charge in [0.05, 0.1) is 13.1 Å². The van der Waals surface area contributed by atoms with E-state index in [0.29, 0.717) is 18.3 Å². The van der Waals surface area contributed by atoms with Crippen molar-refractivity contribution in [1.29, 1.82) is 0 Å². The van der Waals surface area contributed by atoms with Gasteiger partial charge in [0.15, 0.2) is 5.82 Å². The molecule has 3 aromatic rings. The number of aryl methyl sites for hydroxylation is 1. The molecule has 122 valence electrons. The normalized spacial score (nSPS) is 10.5. The molecule has 2 aromatic heterocycles. The summed E-state index contributed by atoms with van der Waals surface area (Å²) in [5, 5.41) is 10.4. The molecule has 24 heavy (non-hydrogen) atoms. The summed E-state index contributed by atoms with van der Waals surface area (Å²) in [6, 6.07) is 12.1. The van der Waals surface area contributed by atoms with E-state index in [2.05, 4.69) is 20.6 Å². The minimum Gasteiger partial charge on any atom is -0.342 e. The Bertz CT molecular complexity index is 901. The Balaban J connectivity index is 1.72. The minimum absolute atomic E-state index is 0.0964. The molecule has 0 saturated heterocycles. The standard InChI is InChI=1S/C16H15N5O3/c1-11-18-14(24-20-11)9-17-16(23)13-7-8-15(22)21(19-13)10-12-5-3-2-4-6-12/h2-8H,9-10H2,1H3,(H,17,23). The van der Waals surface area contributed by atoms with Crippen molar-refractivity contribution in [3.05, 3.63) is 75.8 Å². The molecule has 2 heterocycles. The summed E-state index contributed by atoms with van der Waals surface area (Å²) in [6.07, 6.45) is 0. The van der Waals surface area contributed by atoms with E-state index in [4.69, 9.17) is 4.52 Å². The molecule has 8 nitrogen and oxygen atoms in total. The van der Waals surface area contributed by atoms with Gasteiger partial charge in [-0.1, -0.05) is 35.5 Å². The van der Waals surface area contributed by atoms with Crippen LogP contribution in [0.2, 0.25) is 0 Å². The summed E-state index contributed by atoms with van der Waals surface area (Å²) < 4.78 is 6.17. The number of carbonyl (C=O) groups is 1. The number of hydrogen-bond donors (Lipinski definition) is 1. The fourth-order valence-electron chi connectivity index (χ4n) is 2.10. The SMILES string of the molecule is Cc1noc(CNC(=O)c2ccc(=O)n(Cc3ccccc3)n2)n1. The van der Waals surface area contributed by atoms with Gasteiger partial charge in [-0.15, -0.1) is 0 Å². The molecule has 0 aliphatic heterocycles. The van der Waals surface area contributed by atoms with Gasteiger partial charge in [-0.2, -0.15) is 10.1 Å². The van der Waals surface area contributed by atoms with Gasteiger partial charge in [0, 0.05) is 6.07 Å². The van der Waals surface area contributed by atoms with Crippen molar-refractivity contribution in [3.63, 3.8) is 0 Å². The lowest BCUT2D eigenvalue weighted by atomic mass is 10.2. The summed E-state index contributed by atoms with van der Waals surface area (Å²) in [6.45, 7) is 2.08. The van der Waals surface area contributed by atoms with E-state index in [0.717, 1.165) is 5.56 Å². The smallest absolute Gasteiger partial charge is 0.272 e. The number of nitrogens with zero attached hydrogens (tertiary/aromatic N) is 4. The predicted octanol–water partition coefficient (Wildman–Crippen LogP) is 0.913. The Kier molecular flexibility index (Phi) is 4.46. The van der Waals surface area contributed by atoms with Crippen LogP contribution in [0.15, 0.2) is 51.8 Å². The van der Waals surface area contributed by atoms with Gasteiger partial charge in [-0.3, -0.25) is 9.59 Å². The average molecular weight is 325 g/mol. The third-order valence-corrected chi connectivity index (χ3v) is 3.24. The van der Waals surface area contributed by atoms with Gasteiger partial charge >= 0.3 is 0 Å². The van der Waals surface area contributed by atoms with Crippen LogP contribution in [-0.2, 0) is 13.1 Å². The molecule has 0 aliphatic rings. The first-order valence-corrected chi connectivity index (χ1v) is 7.31. The van der Waals surface area contributed by atoms with Crippen molar-refractivity contribution in [2.75, 3.05) is 0 Å². The predicted molar refractivity (Wildman–Crippen MR) is 84.2 cm³/mol. The maximum atomic E-state index is 12.2. The highest BCUT2D eigenvalue weighted by molar-refractivity contribution is 5.91. The fourth-order valence-corrected chi connectivity index (χ4v) is 2.10. The molecular weight excluding hydrogens is 310 g/mol. The van der Waals surface area contributed by atoms with E-state index < -0.39 is 5.91 Å². The lowest BCUT2D eigenvalue weighted by Crippen LogP contribution is -2.29. The van der Waals surface area contributed by atoms with Gasteiger partial charge < -0.3 is 9.84 Å². The van der Waals surface area contributed by atoms with E-state index in [9.17, 15) is 9.59 Å². The first-order valence-electron chi connectivity index (χ1n) is 7.31. The molecule has 0 atom stereocenters. The minimum atomic E-state index is -0.423. The van der Waals surface area contributed by atoms with Crippen LogP contribution in [-0.4, -0.2) is 25.8 Å². The number of benzene rings is 1. The summed E-state index contributed by atoms with van der Waals surface area (Å²) in [5.74, 6) is 0.375. The van der Waals surface area contributed by atoms with E-state index in [-0.39, 0.29) is 17.8 Å². The van der Waals surface area contributed by atoms with Crippen LogP contribution in [0.1, 0.15) is 27.8 Å². The third kappa shape index (κ3) is 3.72. The van der Waals surface area contributed by atoms with Crippen LogP contribution in [0.3, 0.4) is 0 Å². The van der Waals surface area contributed by atoms with E-state index in [1.54, 1.807) is 6.92 Å². The summed E-state index contributed by atoms with van der Waals surface area (Å²) >= 11 is 0. The first kappa shape index (κ1) is 15.6. The van der Waals surface area contributed by atoms with Crippen LogP contribution in [0.25, 0.3) is 0 Å². The average Bonchev–Trinajstić information content (AvgIpc) is 3.01. The van der Waals surface area contributed by atoms with E-state index in [1.165, 1.54) is 16.8 Å². The number of aromatic nitrogens is 4. The molecule has 0 spiro atoms. The molecular formula is C16H15N5O3. The first-order chi connectivity index (χ1) is 11.6. The summed E-state index contributed by atoms with van der Waals surface area (Å²) in [4.78, 5) is 28.1. The van der Waals surface area contributed by atoms with Crippen LogP contribution in [0.4, 0.5) is 0 Å². The number of nitrogens with one attached hydrogen (secondary N) is 1. The highest BCUT2D eigenvalue weighted by atomic mass is 16.5. The molecule has 0 radical (unpaired) electrons. The van der Waals surface area contributed by atoms with Crippen LogP contribution >= 0.6 is 0 Å². The zero-order valence-corrected chi connectivity index (χ0v) is 13.0. The van der Waals surface area contributed by atoms with Gasteiger partial charge in [-0.05, 0) is 18.6 Å². The van der Waals surface area contributed by atoms with Crippen molar-refractivity contribution in [3.8, 4) is 0 Å². The molecule has 1 amide bonds. The molecule has 0 aliphatic carbocycles. The highest BCUT2D eigenvalue weighted by Crippen LogP contribution is 2.01. The van der Waals surface area contributed by atoms with Crippen molar-refractivity contribution >= 4 is 5.91 Å². The van der Waals surface area contributed by atoms with Crippen molar-refractivity contribution in [2.45, 2.75) is 20.0 Å². The van der Waals surface area contributed by atoms with Crippen molar-refractivity contribution in [2.24, 2.45) is 0 Å². The Morgan fingerprint density at radius 1 is 1.21 bits per heavy atom. The van der Waals surface area contributed by atoms with Crippen molar-refractivity contribution < 1.29 is 9.32 Å². The second kappa shape index (κ2) is 6.86. The maximum absolute atomic E-state index is 12.2. The zero-order valence-electron chi connectivity index (χ0n) is 13.0. The molecule has 0 bridgehead atoms. The molecule has 0 saturated carbocycles. The quantitative estimate of drug-likeness (QED) is 0.748. The van der Waals surface area contributed by atoms with Gasteiger partial charge in [0.25, 0.3) is 11.5 Å². The molecule has 1 aromatic carbocycles. The second-order valence-electron chi connectivity index (χ2n) is 5.12. The van der Waals surface area contributed by atoms with Gasteiger partial charge in [0.2, 0.25) is 5.89 Å².